The van der Waals surface area contributed by atoms with E-state index in [1.165, 1.54) is 21.2 Å². The molecule has 0 fully saturated rings. The van der Waals surface area contributed by atoms with Crippen molar-refractivity contribution in [3.8, 4) is 0 Å². The fourth-order valence-corrected chi connectivity index (χ4v) is 4.32. The predicted molar refractivity (Wildman–Crippen MR) is 114 cm³/mol. The Bertz CT molecular complexity index is 998. The summed E-state index contributed by atoms with van der Waals surface area (Å²) in [5.41, 5.74) is 4.28. The molecule has 0 bridgehead atoms. The van der Waals surface area contributed by atoms with Crippen LogP contribution in [-0.4, -0.2) is 12.5 Å². The lowest BCUT2D eigenvalue weighted by molar-refractivity contribution is -0.111. The lowest BCUT2D eigenvalue weighted by atomic mass is 10.1. The van der Waals surface area contributed by atoms with Gasteiger partial charge in [-0.25, -0.2) is 0 Å². The number of carbonyl (C=O) groups excluding carboxylic acids is 1. The molecule has 0 radical (unpaired) electrons. The van der Waals surface area contributed by atoms with Crippen LogP contribution in [0, 0.1) is 0 Å². The number of nitrogens with zero attached hydrogens (tertiary/aromatic N) is 1. The summed E-state index contributed by atoms with van der Waals surface area (Å²) in [7, 11) is 0. The van der Waals surface area contributed by atoms with Crippen LogP contribution >= 0.6 is 11.8 Å². The normalized spacial score (nSPS) is 12.6. The van der Waals surface area contributed by atoms with Crippen LogP contribution in [0.3, 0.4) is 0 Å². The molecular weight excluding hydrogens is 352 g/mol. The van der Waals surface area contributed by atoms with E-state index in [1.807, 2.05) is 36.4 Å². The minimum absolute atomic E-state index is 0.132. The first-order valence-electron chi connectivity index (χ1n) is 8.97. The largest absolute Gasteiger partial charge is 0.340 e. The number of anilines is 3. The van der Waals surface area contributed by atoms with Crippen molar-refractivity contribution in [3.05, 3.63) is 84.4 Å². The number of benzene rings is 3. The van der Waals surface area contributed by atoms with Gasteiger partial charge in [0.25, 0.3) is 0 Å². The van der Waals surface area contributed by atoms with Crippen molar-refractivity contribution in [2.45, 2.75) is 16.7 Å². The summed E-state index contributed by atoms with van der Waals surface area (Å²) in [5, 5.41) is 2.86. The number of para-hydroxylation sites is 2. The summed E-state index contributed by atoms with van der Waals surface area (Å²) < 4.78 is 0. The maximum Gasteiger partial charge on any atom is 0.248 e. The third kappa shape index (κ3) is 3.76. The molecule has 0 aliphatic carbocycles. The maximum atomic E-state index is 12.1. The predicted octanol–water partition coefficient (Wildman–Crippen LogP) is 5.96. The number of carbonyl (C=O) groups is 1. The molecule has 1 amide bonds. The van der Waals surface area contributed by atoms with Gasteiger partial charge in [0.2, 0.25) is 5.91 Å². The summed E-state index contributed by atoms with van der Waals surface area (Å²) in [5.74, 6) is -0.132. The monoisotopic (exact) mass is 372 g/mol. The van der Waals surface area contributed by atoms with Crippen molar-refractivity contribution >= 4 is 40.8 Å². The fourth-order valence-electron chi connectivity index (χ4n) is 3.17. The van der Waals surface area contributed by atoms with E-state index in [9.17, 15) is 4.79 Å². The molecule has 3 nitrogen and oxygen atoms in total. The highest BCUT2D eigenvalue weighted by atomic mass is 32.2. The van der Waals surface area contributed by atoms with E-state index in [0.717, 1.165) is 17.8 Å². The van der Waals surface area contributed by atoms with Crippen LogP contribution in [0.15, 0.2) is 88.7 Å². The Balaban J connectivity index is 1.54. The van der Waals surface area contributed by atoms with Gasteiger partial charge in [-0.05, 0) is 55.0 Å². The molecule has 4 rings (SSSR count). The molecule has 0 saturated carbocycles. The van der Waals surface area contributed by atoms with E-state index in [-0.39, 0.29) is 5.91 Å². The van der Waals surface area contributed by atoms with Crippen molar-refractivity contribution in [1.82, 2.24) is 0 Å². The summed E-state index contributed by atoms with van der Waals surface area (Å²) in [6.45, 7) is 3.08. The number of fused-ring (bicyclic) bond motifs is 2. The Morgan fingerprint density at radius 1 is 0.963 bits per heavy atom. The third-order valence-corrected chi connectivity index (χ3v) is 5.55. The summed E-state index contributed by atoms with van der Waals surface area (Å²) >= 11 is 1.78. The molecule has 3 aromatic carbocycles. The van der Waals surface area contributed by atoms with Crippen molar-refractivity contribution in [1.29, 1.82) is 0 Å². The van der Waals surface area contributed by atoms with Gasteiger partial charge in [-0.3, -0.25) is 4.79 Å². The highest BCUT2D eigenvalue weighted by molar-refractivity contribution is 7.99. The van der Waals surface area contributed by atoms with Gasteiger partial charge in [0, 0.05) is 28.1 Å². The second kappa shape index (κ2) is 7.72. The smallest absolute Gasteiger partial charge is 0.248 e. The average molecular weight is 372 g/mol. The van der Waals surface area contributed by atoms with Gasteiger partial charge >= 0.3 is 0 Å². The number of hydrogen-bond donors (Lipinski definition) is 1. The minimum Gasteiger partial charge on any atom is -0.340 e. The first-order valence-corrected chi connectivity index (χ1v) is 9.79. The zero-order chi connectivity index (χ0) is 18.6. The molecular formula is C23H20N2OS. The Morgan fingerprint density at radius 2 is 1.70 bits per heavy atom. The van der Waals surface area contributed by atoms with Gasteiger partial charge < -0.3 is 10.2 Å². The molecule has 3 aromatic rings. The standard InChI is InChI=1S/C23H20N2OS/c1-2-25-19-10-6-7-11-21(19)27-22-16-17(12-14-20(22)25)13-15-23(26)24-18-8-4-3-5-9-18/h3-16H,2H2,1H3,(H,24,26)/b15-13+. The second-order valence-corrected chi connectivity index (χ2v) is 7.31. The highest BCUT2D eigenvalue weighted by Gasteiger charge is 2.21. The molecule has 0 unspecified atom stereocenters. The van der Waals surface area contributed by atoms with Crippen molar-refractivity contribution in [2.24, 2.45) is 0 Å². The van der Waals surface area contributed by atoms with Gasteiger partial charge in [0.15, 0.2) is 0 Å². The van der Waals surface area contributed by atoms with Crippen LogP contribution in [-0.2, 0) is 4.79 Å². The SMILES string of the molecule is CCN1c2ccccc2Sc2cc(/C=C/C(=O)Nc3ccccc3)ccc21. The Labute approximate surface area is 163 Å². The van der Waals surface area contributed by atoms with E-state index in [2.05, 4.69) is 59.6 Å². The lowest BCUT2D eigenvalue weighted by Crippen LogP contribution is -2.19. The van der Waals surface area contributed by atoms with Crippen molar-refractivity contribution in [2.75, 3.05) is 16.8 Å². The number of nitrogens with one attached hydrogen (secondary N) is 1. The van der Waals surface area contributed by atoms with Gasteiger partial charge in [-0.1, -0.05) is 48.2 Å². The van der Waals surface area contributed by atoms with E-state index < -0.39 is 0 Å². The number of amides is 1. The molecule has 0 aromatic heterocycles. The Kier molecular flexibility index (Phi) is 4.99. The molecule has 1 N–H and O–H groups in total. The molecule has 0 saturated heterocycles. The van der Waals surface area contributed by atoms with E-state index >= 15 is 0 Å². The third-order valence-electron chi connectivity index (χ3n) is 4.44. The zero-order valence-electron chi connectivity index (χ0n) is 15.1. The molecule has 0 atom stereocenters. The van der Waals surface area contributed by atoms with Crippen LogP contribution < -0.4 is 10.2 Å². The molecule has 134 valence electrons. The van der Waals surface area contributed by atoms with Crippen molar-refractivity contribution in [3.63, 3.8) is 0 Å². The molecule has 1 heterocycles. The molecule has 4 heteroatoms. The quantitative estimate of drug-likeness (QED) is 0.573. The molecule has 1 aliphatic rings. The average Bonchev–Trinajstić information content (AvgIpc) is 2.71. The van der Waals surface area contributed by atoms with E-state index in [4.69, 9.17) is 0 Å². The fraction of sp³-hybridized carbons (Fsp3) is 0.0870. The highest BCUT2D eigenvalue weighted by Crippen LogP contribution is 2.48. The van der Waals surface area contributed by atoms with Gasteiger partial charge in [0.05, 0.1) is 11.4 Å². The van der Waals surface area contributed by atoms with Crippen LogP contribution in [0.5, 0.6) is 0 Å². The summed E-state index contributed by atoms with van der Waals surface area (Å²) in [6, 6.07) is 24.3. The molecule has 1 aliphatic heterocycles. The van der Waals surface area contributed by atoms with Crippen LogP contribution in [0.25, 0.3) is 6.08 Å². The first-order chi connectivity index (χ1) is 13.2. The zero-order valence-corrected chi connectivity index (χ0v) is 15.9. The van der Waals surface area contributed by atoms with E-state index in [0.29, 0.717) is 0 Å². The van der Waals surface area contributed by atoms with Gasteiger partial charge in [0.1, 0.15) is 0 Å². The van der Waals surface area contributed by atoms with Gasteiger partial charge in [-0.2, -0.15) is 0 Å². The van der Waals surface area contributed by atoms with E-state index in [1.54, 1.807) is 17.8 Å². The molecule has 27 heavy (non-hydrogen) atoms. The minimum atomic E-state index is -0.132. The van der Waals surface area contributed by atoms with Gasteiger partial charge in [-0.15, -0.1) is 0 Å². The summed E-state index contributed by atoms with van der Waals surface area (Å²) in [4.78, 5) is 16.9. The topological polar surface area (TPSA) is 32.3 Å². The maximum absolute atomic E-state index is 12.1. The number of rotatable bonds is 4. The van der Waals surface area contributed by atoms with Crippen LogP contribution in [0.2, 0.25) is 0 Å². The summed E-state index contributed by atoms with van der Waals surface area (Å²) in [6.07, 6.45) is 3.43. The number of hydrogen-bond acceptors (Lipinski definition) is 3. The van der Waals surface area contributed by atoms with Crippen LogP contribution in [0.1, 0.15) is 12.5 Å². The first kappa shape index (κ1) is 17.4. The second-order valence-electron chi connectivity index (χ2n) is 6.23. The van der Waals surface area contributed by atoms with Crippen LogP contribution in [0.4, 0.5) is 17.1 Å². The Hall–Kier alpha value is -2.98. The molecule has 0 spiro atoms. The Morgan fingerprint density at radius 3 is 2.52 bits per heavy atom. The lowest BCUT2D eigenvalue weighted by Gasteiger charge is -2.32. The van der Waals surface area contributed by atoms with Crippen molar-refractivity contribution < 1.29 is 4.79 Å².